The van der Waals surface area contributed by atoms with Crippen LogP contribution >= 0.6 is 0 Å². The minimum Gasteiger partial charge on any atom is -0.481 e. The van der Waals surface area contributed by atoms with Gasteiger partial charge in [-0.1, -0.05) is 0 Å². The van der Waals surface area contributed by atoms with Crippen molar-refractivity contribution >= 4 is 11.9 Å². The van der Waals surface area contributed by atoms with E-state index in [1.165, 1.54) is 0 Å². The molecule has 4 atom stereocenters. The zero-order chi connectivity index (χ0) is 12.9. The molecule has 0 spiro atoms. The van der Waals surface area contributed by atoms with E-state index in [1.54, 1.807) is 0 Å². The van der Waals surface area contributed by atoms with Crippen molar-refractivity contribution < 1.29 is 29.3 Å². The van der Waals surface area contributed by atoms with E-state index in [0.29, 0.717) is 50.1 Å². The summed E-state index contributed by atoms with van der Waals surface area (Å²) in [4.78, 5) is 20.6. The summed E-state index contributed by atoms with van der Waals surface area (Å²) in [6.45, 7) is 2.67. The fourth-order valence-electron chi connectivity index (χ4n) is 3.21. The van der Waals surface area contributed by atoms with Gasteiger partial charge in [-0.25, -0.2) is 0 Å². The van der Waals surface area contributed by atoms with Crippen molar-refractivity contribution in [1.29, 1.82) is 0 Å². The SMILES string of the molecule is O=C(O)C1[C@@H]2COC[C@@H]12.O=C(O)C1[C@H]2COC[C@H]12. The Hall–Kier alpha value is -1.14. The van der Waals surface area contributed by atoms with Gasteiger partial charge in [0, 0.05) is 23.7 Å². The molecule has 0 amide bonds. The molecule has 0 radical (unpaired) electrons. The van der Waals surface area contributed by atoms with Crippen molar-refractivity contribution in [2.24, 2.45) is 35.5 Å². The predicted molar refractivity (Wildman–Crippen MR) is 57.8 cm³/mol. The number of carboxylic acid groups (broad SMARTS) is 2. The Balaban J connectivity index is 0.000000111. The zero-order valence-corrected chi connectivity index (χ0v) is 9.82. The van der Waals surface area contributed by atoms with Gasteiger partial charge in [0.05, 0.1) is 38.3 Å². The average Bonchev–Trinajstić information content (AvgIpc) is 3.05. The molecular weight excluding hydrogens is 240 g/mol. The Kier molecular flexibility index (Phi) is 2.79. The molecule has 2 N–H and O–H groups in total. The van der Waals surface area contributed by atoms with Crippen LogP contribution in [0.4, 0.5) is 0 Å². The first-order valence-electron chi connectivity index (χ1n) is 6.22. The van der Waals surface area contributed by atoms with Crippen LogP contribution in [0.25, 0.3) is 0 Å². The van der Waals surface area contributed by atoms with E-state index in [1.807, 2.05) is 0 Å². The molecule has 0 unspecified atom stereocenters. The molecule has 4 rings (SSSR count). The molecular formula is C12H16O6. The molecule has 100 valence electrons. The quantitative estimate of drug-likeness (QED) is 0.718. The Bertz CT molecular complexity index is 325. The van der Waals surface area contributed by atoms with Crippen LogP contribution < -0.4 is 0 Å². The van der Waals surface area contributed by atoms with E-state index in [9.17, 15) is 9.59 Å². The molecule has 2 saturated carbocycles. The van der Waals surface area contributed by atoms with Gasteiger partial charge in [-0.05, 0) is 0 Å². The standard InChI is InChI=1S/2C6H8O3/c2*7-6(8)5-3-1-9-2-4(3)5/h2*3-5H,1-2H2,(H,7,8)/t2*3-,4-/m10/s1. The third kappa shape index (κ3) is 1.89. The minimum atomic E-state index is -0.645. The van der Waals surface area contributed by atoms with Crippen LogP contribution in [0.15, 0.2) is 0 Å². The summed E-state index contributed by atoms with van der Waals surface area (Å²) >= 11 is 0. The largest absolute Gasteiger partial charge is 0.481 e. The number of hydrogen-bond acceptors (Lipinski definition) is 4. The van der Waals surface area contributed by atoms with Crippen molar-refractivity contribution in [1.82, 2.24) is 0 Å². The summed E-state index contributed by atoms with van der Waals surface area (Å²) in [6, 6.07) is 0. The fraction of sp³-hybridized carbons (Fsp3) is 0.833. The number of carboxylic acids is 2. The van der Waals surface area contributed by atoms with Crippen LogP contribution in [0.1, 0.15) is 0 Å². The number of hydrogen-bond donors (Lipinski definition) is 2. The lowest BCUT2D eigenvalue weighted by Crippen LogP contribution is -2.07. The van der Waals surface area contributed by atoms with Gasteiger partial charge in [0.2, 0.25) is 0 Å². The topological polar surface area (TPSA) is 93.1 Å². The summed E-state index contributed by atoms with van der Waals surface area (Å²) in [6.07, 6.45) is 0. The van der Waals surface area contributed by atoms with E-state index in [0.717, 1.165) is 0 Å². The van der Waals surface area contributed by atoms with Crippen molar-refractivity contribution in [2.45, 2.75) is 0 Å². The Labute approximate surface area is 104 Å². The third-order valence-corrected chi connectivity index (χ3v) is 4.47. The van der Waals surface area contributed by atoms with Gasteiger partial charge < -0.3 is 19.7 Å². The van der Waals surface area contributed by atoms with E-state index < -0.39 is 11.9 Å². The van der Waals surface area contributed by atoms with Gasteiger partial charge in [-0.3, -0.25) is 9.59 Å². The van der Waals surface area contributed by atoms with Gasteiger partial charge in [-0.2, -0.15) is 0 Å². The maximum absolute atomic E-state index is 10.3. The number of ether oxygens (including phenoxy) is 2. The molecule has 6 heteroatoms. The van der Waals surface area contributed by atoms with Crippen molar-refractivity contribution in [2.75, 3.05) is 26.4 Å². The van der Waals surface area contributed by atoms with Crippen LogP contribution in [-0.4, -0.2) is 48.6 Å². The Morgan fingerprint density at radius 3 is 1.17 bits per heavy atom. The van der Waals surface area contributed by atoms with Crippen molar-refractivity contribution in [3.05, 3.63) is 0 Å². The van der Waals surface area contributed by atoms with Crippen LogP contribution in [0.5, 0.6) is 0 Å². The number of carbonyl (C=O) groups is 2. The molecule has 2 aliphatic carbocycles. The van der Waals surface area contributed by atoms with Crippen LogP contribution in [-0.2, 0) is 19.1 Å². The molecule has 18 heavy (non-hydrogen) atoms. The van der Waals surface area contributed by atoms with Crippen LogP contribution in [0, 0.1) is 35.5 Å². The van der Waals surface area contributed by atoms with E-state index in [-0.39, 0.29) is 11.8 Å². The first-order chi connectivity index (χ1) is 8.61. The predicted octanol–water partition coefficient (Wildman–Crippen LogP) is -0.0732. The van der Waals surface area contributed by atoms with Gasteiger partial charge in [0.25, 0.3) is 0 Å². The van der Waals surface area contributed by atoms with Crippen molar-refractivity contribution in [3.63, 3.8) is 0 Å². The first kappa shape index (κ1) is 11.9. The first-order valence-corrected chi connectivity index (χ1v) is 6.22. The lowest BCUT2D eigenvalue weighted by molar-refractivity contribution is -0.141. The highest BCUT2D eigenvalue weighted by Gasteiger charge is 2.58. The molecule has 6 nitrogen and oxygen atoms in total. The molecule has 4 aliphatic rings. The van der Waals surface area contributed by atoms with Gasteiger partial charge in [-0.15, -0.1) is 0 Å². The van der Waals surface area contributed by atoms with Crippen LogP contribution in [0.2, 0.25) is 0 Å². The summed E-state index contributed by atoms with van der Waals surface area (Å²) in [7, 11) is 0. The highest BCUT2D eigenvalue weighted by molar-refractivity contribution is 5.75. The van der Waals surface area contributed by atoms with Gasteiger partial charge in [0.1, 0.15) is 0 Å². The number of aliphatic carboxylic acids is 2. The normalized spacial score (nSPS) is 46.4. The second kappa shape index (κ2) is 4.20. The van der Waals surface area contributed by atoms with E-state index in [2.05, 4.69) is 0 Å². The molecule has 0 aromatic heterocycles. The maximum Gasteiger partial charge on any atom is 0.307 e. The molecule has 0 aromatic carbocycles. The second-order valence-corrected chi connectivity index (χ2v) is 5.46. The summed E-state index contributed by atoms with van der Waals surface area (Å²) in [5.41, 5.74) is 0. The average molecular weight is 256 g/mol. The van der Waals surface area contributed by atoms with E-state index in [4.69, 9.17) is 19.7 Å². The smallest absolute Gasteiger partial charge is 0.307 e. The van der Waals surface area contributed by atoms with Gasteiger partial charge in [0.15, 0.2) is 0 Å². The summed E-state index contributed by atoms with van der Waals surface area (Å²) in [5.74, 6) is -0.0332. The highest BCUT2D eigenvalue weighted by atomic mass is 16.5. The van der Waals surface area contributed by atoms with Crippen LogP contribution in [0.3, 0.4) is 0 Å². The Morgan fingerprint density at radius 2 is 1.00 bits per heavy atom. The molecule has 2 aliphatic heterocycles. The molecule has 4 fully saturated rings. The summed E-state index contributed by atoms with van der Waals surface area (Å²) < 4.78 is 10.0. The molecule has 2 saturated heterocycles. The number of fused-ring (bicyclic) bond motifs is 2. The molecule has 0 aromatic rings. The highest BCUT2D eigenvalue weighted by Crippen LogP contribution is 2.51. The molecule has 2 heterocycles. The lowest BCUT2D eigenvalue weighted by Gasteiger charge is -1.96. The third-order valence-electron chi connectivity index (χ3n) is 4.47. The Morgan fingerprint density at radius 1 is 0.722 bits per heavy atom. The number of rotatable bonds is 2. The lowest BCUT2D eigenvalue weighted by atomic mass is 10.3. The minimum absolute atomic E-state index is 0.0706. The zero-order valence-electron chi connectivity index (χ0n) is 9.82. The fourth-order valence-corrected chi connectivity index (χ4v) is 3.21. The maximum atomic E-state index is 10.3. The summed E-state index contributed by atoms with van der Waals surface area (Å²) in [5, 5.41) is 17.0. The molecule has 0 bridgehead atoms. The monoisotopic (exact) mass is 256 g/mol. The van der Waals surface area contributed by atoms with Crippen molar-refractivity contribution in [3.8, 4) is 0 Å². The second-order valence-electron chi connectivity index (χ2n) is 5.46. The van der Waals surface area contributed by atoms with Gasteiger partial charge >= 0.3 is 11.9 Å². The van der Waals surface area contributed by atoms with E-state index >= 15 is 0 Å².